The number of nitrogens with zero attached hydrogens (tertiary/aromatic N) is 2. The summed E-state index contributed by atoms with van der Waals surface area (Å²) in [5, 5.41) is 5.81. The molecule has 0 aliphatic heterocycles. The molecule has 0 atom stereocenters. The van der Waals surface area contributed by atoms with Crippen LogP contribution in [0, 0.1) is 6.92 Å². The van der Waals surface area contributed by atoms with Gasteiger partial charge in [-0.25, -0.2) is 4.98 Å². The Morgan fingerprint density at radius 1 is 1.38 bits per heavy atom. The molecule has 4 rings (SSSR count). The van der Waals surface area contributed by atoms with Gasteiger partial charge in [-0.2, -0.15) is 4.37 Å². The standard InChI is InChI=1S/C16H18N4O3S/c1-9-6-11(20-24-9)13(21)19-16(4-5-16)8-18-14(22)12-7-17-15(23-12)10-2-3-10/h6-7,10H,2-5,8H2,1H3,(H,18,22)(H,19,21). The first-order valence-corrected chi connectivity index (χ1v) is 8.82. The Hall–Kier alpha value is -2.22. The van der Waals surface area contributed by atoms with E-state index in [2.05, 4.69) is 20.0 Å². The van der Waals surface area contributed by atoms with Gasteiger partial charge >= 0.3 is 0 Å². The van der Waals surface area contributed by atoms with Crippen molar-refractivity contribution in [1.29, 1.82) is 0 Å². The van der Waals surface area contributed by atoms with E-state index in [1.54, 1.807) is 6.07 Å². The van der Waals surface area contributed by atoms with E-state index in [0.29, 0.717) is 24.0 Å². The van der Waals surface area contributed by atoms with Crippen molar-refractivity contribution in [2.75, 3.05) is 6.54 Å². The van der Waals surface area contributed by atoms with Crippen LogP contribution in [-0.2, 0) is 0 Å². The molecule has 2 amide bonds. The van der Waals surface area contributed by atoms with Crippen LogP contribution in [0.3, 0.4) is 0 Å². The zero-order valence-corrected chi connectivity index (χ0v) is 14.1. The van der Waals surface area contributed by atoms with Crippen molar-refractivity contribution in [2.45, 2.75) is 44.1 Å². The Bertz CT molecular complexity index is 789. The van der Waals surface area contributed by atoms with Gasteiger partial charge in [0.15, 0.2) is 5.89 Å². The van der Waals surface area contributed by atoms with Crippen molar-refractivity contribution >= 4 is 23.3 Å². The lowest BCUT2D eigenvalue weighted by atomic mass is 10.2. The van der Waals surface area contributed by atoms with Gasteiger partial charge in [0.05, 0.1) is 11.7 Å². The van der Waals surface area contributed by atoms with Gasteiger partial charge < -0.3 is 15.1 Å². The predicted molar refractivity (Wildman–Crippen MR) is 87.1 cm³/mol. The first kappa shape index (κ1) is 15.3. The lowest BCUT2D eigenvalue weighted by Crippen LogP contribution is -2.45. The normalized spacial score (nSPS) is 18.2. The number of oxazole rings is 1. The van der Waals surface area contributed by atoms with E-state index >= 15 is 0 Å². The number of carbonyl (C=O) groups excluding carboxylic acids is 2. The molecule has 0 saturated heterocycles. The topological polar surface area (TPSA) is 97.1 Å². The second-order valence-corrected chi connectivity index (χ2v) is 7.59. The highest BCUT2D eigenvalue weighted by Crippen LogP contribution is 2.39. The average molecular weight is 346 g/mol. The fraction of sp³-hybridized carbons (Fsp3) is 0.500. The molecule has 2 N–H and O–H groups in total. The SMILES string of the molecule is Cc1cc(C(=O)NC2(CNC(=O)c3cnc(C4CC4)o3)CC2)ns1. The van der Waals surface area contributed by atoms with Gasteiger partial charge in [0.2, 0.25) is 5.76 Å². The summed E-state index contributed by atoms with van der Waals surface area (Å²) < 4.78 is 9.60. The number of aromatic nitrogens is 2. The monoisotopic (exact) mass is 346 g/mol. The highest BCUT2D eigenvalue weighted by molar-refractivity contribution is 7.05. The fourth-order valence-corrected chi connectivity index (χ4v) is 3.07. The first-order chi connectivity index (χ1) is 11.5. The third kappa shape index (κ3) is 3.19. The molecule has 2 aromatic rings. The zero-order valence-electron chi connectivity index (χ0n) is 13.3. The fourth-order valence-electron chi connectivity index (χ4n) is 2.52. The first-order valence-electron chi connectivity index (χ1n) is 8.04. The molecule has 0 bridgehead atoms. The Morgan fingerprint density at radius 2 is 2.17 bits per heavy atom. The zero-order chi connectivity index (χ0) is 16.7. The van der Waals surface area contributed by atoms with Crippen LogP contribution in [0.2, 0.25) is 0 Å². The summed E-state index contributed by atoms with van der Waals surface area (Å²) in [6, 6.07) is 1.77. The van der Waals surface area contributed by atoms with Crippen LogP contribution in [0.25, 0.3) is 0 Å². The smallest absolute Gasteiger partial charge is 0.288 e. The van der Waals surface area contributed by atoms with Crippen LogP contribution in [0.5, 0.6) is 0 Å². The summed E-state index contributed by atoms with van der Waals surface area (Å²) in [5.74, 6) is 0.769. The van der Waals surface area contributed by atoms with Crippen molar-refractivity contribution < 1.29 is 14.0 Å². The second kappa shape index (κ2) is 5.70. The molecule has 2 aliphatic rings. The van der Waals surface area contributed by atoms with Crippen molar-refractivity contribution in [2.24, 2.45) is 0 Å². The van der Waals surface area contributed by atoms with Gasteiger partial charge in [-0.1, -0.05) is 0 Å². The molecule has 24 heavy (non-hydrogen) atoms. The average Bonchev–Trinajstić information content (AvgIpc) is 3.46. The van der Waals surface area contributed by atoms with Crippen molar-refractivity contribution in [3.05, 3.63) is 34.5 Å². The molecular weight excluding hydrogens is 328 g/mol. The maximum Gasteiger partial charge on any atom is 0.288 e. The highest BCUT2D eigenvalue weighted by atomic mass is 32.1. The van der Waals surface area contributed by atoms with Crippen LogP contribution in [0.1, 0.15) is 63.4 Å². The maximum absolute atomic E-state index is 12.2. The molecule has 2 saturated carbocycles. The van der Waals surface area contributed by atoms with Crippen LogP contribution in [0.15, 0.2) is 16.7 Å². The lowest BCUT2D eigenvalue weighted by Gasteiger charge is -2.17. The molecule has 126 valence electrons. The van der Waals surface area contributed by atoms with Crippen molar-refractivity contribution in [3.8, 4) is 0 Å². The summed E-state index contributed by atoms with van der Waals surface area (Å²) in [6.07, 6.45) is 5.30. The number of carbonyl (C=O) groups is 2. The number of rotatable bonds is 6. The van der Waals surface area contributed by atoms with Crippen LogP contribution in [0.4, 0.5) is 0 Å². The summed E-state index contributed by atoms with van der Waals surface area (Å²) in [7, 11) is 0. The van der Waals surface area contributed by atoms with Crippen molar-refractivity contribution in [3.63, 3.8) is 0 Å². The van der Waals surface area contributed by atoms with Gasteiger partial charge in [-0.05, 0) is 50.2 Å². The minimum absolute atomic E-state index is 0.193. The molecule has 2 fully saturated rings. The van der Waals surface area contributed by atoms with E-state index in [0.717, 1.165) is 30.6 Å². The largest absolute Gasteiger partial charge is 0.435 e. The molecule has 0 radical (unpaired) electrons. The van der Waals surface area contributed by atoms with Gasteiger partial charge in [0.25, 0.3) is 11.8 Å². The number of amides is 2. The Labute approximate surface area is 143 Å². The molecule has 2 aromatic heterocycles. The number of aryl methyl sites for hydroxylation is 1. The molecule has 0 aromatic carbocycles. The quantitative estimate of drug-likeness (QED) is 0.834. The van der Waals surface area contributed by atoms with Gasteiger partial charge in [0, 0.05) is 17.3 Å². The van der Waals surface area contributed by atoms with Crippen LogP contribution < -0.4 is 10.6 Å². The summed E-state index contributed by atoms with van der Waals surface area (Å²) in [6.45, 7) is 2.29. The highest BCUT2D eigenvalue weighted by Gasteiger charge is 2.44. The van der Waals surface area contributed by atoms with Gasteiger partial charge in [-0.15, -0.1) is 0 Å². The Kier molecular flexibility index (Phi) is 3.64. The van der Waals surface area contributed by atoms with E-state index in [1.807, 2.05) is 6.92 Å². The second-order valence-electron chi connectivity index (χ2n) is 6.58. The molecular formula is C16H18N4O3S. The van der Waals surface area contributed by atoms with Crippen molar-refractivity contribution in [1.82, 2.24) is 20.0 Å². The van der Waals surface area contributed by atoms with E-state index in [-0.39, 0.29) is 23.1 Å². The maximum atomic E-state index is 12.2. The number of nitrogens with one attached hydrogen (secondary N) is 2. The molecule has 0 spiro atoms. The molecule has 8 heteroatoms. The molecule has 0 unspecified atom stereocenters. The van der Waals surface area contributed by atoms with E-state index < -0.39 is 0 Å². The number of hydrogen-bond donors (Lipinski definition) is 2. The third-order valence-corrected chi connectivity index (χ3v) is 5.05. The van der Waals surface area contributed by atoms with Gasteiger partial charge in [0.1, 0.15) is 5.69 Å². The van der Waals surface area contributed by atoms with E-state index in [4.69, 9.17) is 4.42 Å². The molecule has 2 aliphatic carbocycles. The van der Waals surface area contributed by atoms with Crippen LogP contribution >= 0.6 is 11.5 Å². The van der Waals surface area contributed by atoms with E-state index in [1.165, 1.54) is 17.7 Å². The summed E-state index contributed by atoms with van der Waals surface area (Å²) in [4.78, 5) is 29.5. The Morgan fingerprint density at radius 3 is 2.79 bits per heavy atom. The lowest BCUT2D eigenvalue weighted by molar-refractivity contribution is 0.0886. The minimum Gasteiger partial charge on any atom is -0.435 e. The number of hydrogen-bond acceptors (Lipinski definition) is 6. The Balaban J connectivity index is 1.32. The minimum atomic E-state index is -0.371. The summed E-state index contributed by atoms with van der Waals surface area (Å²) >= 11 is 1.30. The third-order valence-electron chi connectivity index (χ3n) is 4.35. The van der Waals surface area contributed by atoms with Crippen LogP contribution in [-0.4, -0.2) is 33.3 Å². The van der Waals surface area contributed by atoms with Gasteiger partial charge in [-0.3, -0.25) is 9.59 Å². The molecule has 2 heterocycles. The van der Waals surface area contributed by atoms with E-state index in [9.17, 15) is 9.59 Å². The predicted octanol–water partition coefficient (Wildman–Crippen LogP) is 2.01. The molecule has 7 nitrogen and oxygen atoms in total. The summed E-state index contributed by atoms with van der Waals surface area (Å²) in [5.41, 5.74) is 0.0586.